The van der Waals surface area contributed by atoms with Crippen LogP contribution in [0.4, 0.5) is 0 Å². The highest BCUT2D eigenvalue weighted by Gasteiger charge is 2.34. The number of aromatic nitrogens is 1. The zero-order valence-electron chi connectivity index (χ0n) is 12.0. The normalized spacial score (nSPS) is 16.5. The molecule has 0 saturated carbocycles. The highest BCUT2D eigenvalue weighted by molar-refractivity contribution is 6.35. The van der Waals surface area contributed by atoms with Crippen LogP contribution in [0.15, 0.2) is 40.5 Å². The highest BCUT2D eigenvalue weighted by atomic mass is 35.5. The second kappa shape index (κ2) is 5.65. The Kier molecular flexibility index (Phi) is 3.80. The van der Waals surface area contributed by atoms with Gasteiger partial charge in [-0.05, 0) is 24.6 Å². The summed E-state index contributed by atoms with van der Waals surface area (Å²) in [5, 5.41) is 10.3. The fraction of sp³-hybridized carbons (Fsp3) is 0.125. The first-order chi connectivity index (χ1) is 10.9. The number of nitrogens with two attached hydrogens (primary N) is 1. The Labute approximate surface area is 141 Å². The Morgan fingerprint density at radius 2 is 2.09 bits per heavy atom. The number of H-pyrrole nitrogens is 1. The van der Waals surface area contributed by atoms with Crippen molar-refractivity contribution in [2.45, 2.75) is 12.8 Å². The molecule has 116 valence electrons. The molecule has 0 aliphatic carbocycles. The maximum Gasteiger partial charge on any atom is 0.256 e. The van der Waals surface area contributed by atoms with E-state index >= 15 is 0 Å². The number of fused-ring (bicyclic) bond motifs is 1. The van der Waals surface area contributed by atoms with E-state index < -0.39 is 5.92 Å². The Bertz CT molecular complexity index is 941. The lowest BCUT2D eigenvalue weighted by molar-refractivity contribution is 0.391. The molecule has 0 radical (unpaired) electrons. The van der Waals surface area contributed by atoms with E-state index in [0.29, 0.717) is 32.6 Å². The van der Waals surface area contributed by atoms with Crippen molar-refractivity contribution in [1.82, 2.24) is 4.98 Å². The fourth-order valence-electron chi connectivity index (χ4n) is 2.65. The minimum atomic E-state index is -0.710. The summed E-state index contributed by atoms with van der Waals surface area (Å²) in [6.45, 7) is 1.73. The first-order valence-electron chi connectivity index (χ1n) is 6.68. The molecule has 5 nitrogen and oxygen atoms in total. The standard InChI is InChI=1S/C16H11Cl2N3O2/c1-7-4-12-14(16(22)21-7)13(10(6-19)15(20)23-12)9-3-2-8(17)5-11(9)18/h2-5,13H,20H2,1H3,(H,21,22)/t13-/m1/s1. The van der Waals surface area contributed by atoms with Crippen LogP contribution >= 0.6 is 23.2 Å². The predicted molar refractivity (Wildman–Crippen MR) is 87.6 cm³/mol. The zero-order chi connectivity index (χ0) is 16.7. The molecule has 0 fully saturated rings. The molecule has 7 heteroatoms. The first kappa shape index (κ1) is 15.5. The van der Waals surface area contributed by atoms with Gasteiger partial charge in [0.1, 0.15) is 17.4 Å². The SMILES string of the molecule is Cc1cc2c(c(=O)[nH]1)[C@H](c1ccc(Cl)cc1Cl)C(C#N)=C(N)O2. The Morgan fingerprint density at radius 1 is 1.35 bits per heavy atom. The first-order valence-corrected chi connectivity index (χ1v) is 7.44. The summed E-state index contributed by atoms with van der Waals surface area (Å²) in [6.07, 6.45) is 0. The fourth-order valence-corrected chi connectivity index (χ4v) is 3.17. The molecular weight excluding hydrogens is 337 g/mol. The molecule has 3 N–H and O–H groups in total. The van der Waals surface area contributed by atoms with Crippen molar-refractivity contribution in [2.24, 2.45) is 5.73 Å². The van der Waals surface area contributed by atoms with E-state index in [1.807, 2.05) is 6.07 Å². The van der Waals surface area contributed by atoms with Crippen molar-refractivity contribution in [3.8, 4) is 11.8 Å². The number of hydrogen-bond acceptors (Lipinski definition) is 4. The molecule has 23 heavy (non-hydrogen) atoms. The molecule has 0 amide bonds. The van der Waals surface area contributed by atoms with E-state index in [2.05, 4.69) is 4.98 Å². The van der Waals surface area contributed by atoms with Crippen LogP contribution in [0.3, 0.4) is 0 Å². The number of aromatic amines is 1. The van der Waals surface area contributed by atoms with E-state index in [4.69, 9.17) is 33.7 Å². The number of pyridine rings is 1. The van der Waals surface area contributed by atoms with E-state index in [-0.39, 0.29) is 17.0 Å². The number of aryl methyl sites for hydroxylation is 1. The van der Waals surface area contributed by atoms with E-state index in [1.54, 1.807) is 31.2 Å². The van der Waals surface area contributed by atoms with Gasteiger partial charge in [0, 0.05) is 21.8 Å². The van der Waals surface area contributed by atoms with Crippen LogP contribution in [0.2, 0.25) is 10.0 Å². The van der Waals surface area contributed by atoms with Gasteiger partial charge in [0.05, 0.1) is 11.5 Å². The smallest absolute Gasteiger partial charge is 0.256 e. The largest absolute Gasteiger partial charge is 0.440 e. The van der Waals surface area contributed by atoms with Gasteiger partial charge in [-0.2, -0.15) is 5.26 Å². The number of benzene rings is 1. The van der Waals surface area contributed by atoms with Gasteiger partial charge in [-0.3, -0.25) is 4.79 Å². The van der Waals surface area contributed by atoms with Gasteiger partial charge in [0.15, 0.2) is 0 Å². The minimum absolute atomic E-state index is 0.0407. The van der Waals surface area contributed by atoms with Crippen molar-refractivity contribution in [3.05, 3.63) is 72.9 Å². The predicted octanol–water partition coefficient (Wildman–Crippen LogP) is 3.21. The van der Waals surface area contributed by atoms with Gasteiger partial charge >= 0.3 is 0 Å². The summed E-state index contributed by atoms with van der Waals surface area (Å²) in [4.78, 5) is 15.1. The number of ether oxygens (including phenoxy) is 1. The quantitative estimate of drug-likeness (QED) is 0.828. The number of hydrogen-bond donors (Lipinski definition) is 2. The number of nitriles is 1. The van der Waals surface area contributed by atoms with Gasteiger partial charge in [-0.25, -0.2) is 0 Å². The van der Waals surface area contributed by atoms with E-state index in [0.717, 1.165) is 0 Å². The van der Waals surface area contributed by atoms with Crippen LogP contribution in [0.25, 0.3) is 0 Å². The lowest BCUT2D eigenvalue weighted by Gasteiger charge is -2.26. The molecule has 1 atom stereocenters. The molecule has 1 aromatic heterocycles. The van der Waals surface area contributed by atoms with Gasteiger partial charge < -0.3 is 15.5 Å². The summed E-state index contributed by atoms with van der Waals surface area (Å²) >= 11 is 12.2. The Balaban J connectivity index is 2.34. The summed E-state index contributed by atoms with van der Waals surface area (Å²) < 4.78 is 5.46. The third-order valence-corrected chi connectivity index (χ3v) is 4.19. The minimum Gasteiger partial charge on any atom is -0.440 e. The monoisotopic (exact) mass is 347 g/mol. The van der Waals surface area contributed by atoms with Crippen LogP contribution < -0.4 is 16.0 Å². The highest BCUT2D eigenvalue weighted by Crippen LogP contribution is 2.42. The summed E-state index contributed by atoms with van der Waals surface area (Å²) in [5.41, 5.74) is 7.14. The van der Waals surface area contributed by atoms with E-state index in [9.17, 15) is 10.1 Å². The number of rotatable bonds is 1. The van der Waals surface area contributed by atoms with Crippen LogP contribution in [0.5, 0.6) is 5.75 Å². The van der Waals surface area contributed by atoms with Crippen molar-refractivity contribution in [3.63, 3.8) is 0 Å². The average Bonchev–Trinajstić information content (AvgIpc) is 2.45. The molecule has 1 aromatic carbocycles. The Hall–Kier alpha value is -2.42. The summed E-state index contributed by atoms with van der Waals surface area (Å²) in [7, 11) is 0. The second-order valence-electron chi connectivity index (χ2n) is 5.15. The molecule has 0 spiro atoms. The molecule has 1 aliphatic rings. The van der Waals surface area contributed by atoms with Crippen LogP contribution in [0, 0.1) is 18.3 Å². The number of halogens is 2. The van der Waals surface area contributed by atoms with Gasteiger partial charge in [0.2, 0.25) is 5.88 Å². The maximum absolute atomic E-state index is 12.4. The third kappa shape index (κ3) is 2.56. The molecular formula is C16H11Cl2N3O2. The maximum atomic E-state index is 12.4. The zero-order valence-corrected chi connectivity index (χ0v) is 13.5. The second-order valence-corrected chi connectivity index (χ2v) is 5.99. The van der Waals surface area contributed by atoms with Crippen LogP contribution in [-0.4, -0.2) is 4.98 Å². The molecule has 0 unspecified atom stereocenters. The van der Waals surface area contributed by atoms with Crippen LogP contribution in [0.1, 0.15) is 22.7 Å². The number of nitrogens with one attached hydrogen (secondary N) is 1. The van der Waals surface area contributed by atoms with Crippen molar-refractivity contribution in [1.29, 1.82) is 5.26 Å². The lowest BCUT2D eigenvalue weighted by Crippen LogP contribution is -2.28. The van der Waals surface area contributed by atoms with E-state index in [1.165, 1.54) is 0 Å². The van der Waals surface area contributed by atoms with Gasteiger partial charge in [-0.1, -0.05) is 29.3 Å². The van der Waals surface area contributed by atoms with Crippen molar-refractivity contribution < 1.29 is 4.74 Å². The summed E-state index contributed by atoms with van der Waals surface area (Å²) in [5.74, 6) is -0.433. The molecule has 1 aliphatic heterocycles. The van der Waals surface area contributed by atoms with Gasteiger partial charge in [-0.15, -0.1) is 0 Å². The number of allylic oxidation sites excluding steroid dienone is 1. The molecule has 0 saturated heterocycles. The lowest BCUT2D eigenvalue weighted by atomic mass is 9.84. The van der Waals surface area contributed by atoms with Gasteiger partial charge in [0.25, 0.3) is 5.56 Å². The summed E-state index contributed by atoms with van der Waals surface area (Å²) in [6, 6.07) is 8.55. The molecule has 2 heterocycles. The molecule has 0 bridgehead atoms. The molecule has 3 rings (SSSR count). The Morgan fingerprint density at radius 3 is 2.74 bits per heavy atom. The average molecular weight is 348 g/mol. The topological polar surface area (TPSA) is 91.9 Å². The van der Waals surface area contributed by atoms with Crippen LogP contribution in [-0.2, 0) is 0 Å². The molecule has 2 aromatic rings. The number of nitrogens with zero attached hydrogens (tertiary/aromatic N) is 1. The third-order valence-electron chi connectivity index (χ3n) is 3.63. The van der Waals surface area contributed by atoms with Crippen molar-refractivity contribution in [2.75, 3.05) is 0 Å². The van der Waals surface area contributed by atoms with Crippen molar-refractivity contribution >= 4 is 23.2 Å².